The normalized spacial score (nSPS) is 25.4. The Hall–Kier alpha value is -3.60. The molecule has 4 rings (SSSR count). The lowest BCUT2D eigenvalue weighted by molar-refractivity contribution is -0.143. The van der Waals surface area contributed by atoms with Crippen molar-refractivity contribution in [3.63, 3.8) is 0 Å². The van der Waals surface area contributed by atoms with Crippen molar-refractivity contribution in [2.24, 2.45) is 5.92 Å². The lowest BCUT2D eigenvalue weighted by atomic mass is 9.91. The second-order valence-corrected chi connectivity index (χ2v) is 7.95. The van der Waals surface area contributed by atoms with Crippen molar-refractivity contribution in [3.05, 3.63) is 29.3 Å². The van der Waals surface area contributed by atoms with Gasteiger partial charge in [0, 0.05) is 6.42 Å². The molecular formula is C21H21N3O8. The molecule has 3 heterocycles. The van der Waals surface area contributed by atoms with Crippen LogP contribution in [0.2, 0.25) is 0 Å². The third kappa shape index (κ3) is 3.86. The summed E-state index contributed by atoms with van der Waals surface area (Å²) in [4.78, 5) is 74.0. The Morgan fingerprint density at radius 1 is 1.12 bits per heavy atom. The van der Waals surface area contributed by atoms with Gasteiger partial charge in [0.2, 0.25) is 11.8 Å². The van der Waals surface area contributed by atoms with Gasteiger partial charge in [0.15, 0.2) is 5.78 Å². The maximum atomic E-state index is 13.0. The molecule has 32 heavy (non-hydrogen) atoms. The van der Waals surface area contributed by atoms with Gasteiger partial charge >= 0.3 is 5.97 Å². The summed E-state index contributed by atoms with van der Waals surface area (Å²) in [5, 5.41) is 14.3. The topological polar surface area (TPSA) is 159 Å². The first-order chi connectivity index (χ1) is 15.3. The Morgan fingerprint density at radius 3 is 2.62 bits per heavy atom. The standard InChI is InChI=1S/C21H21N3O8/c25-14(12-8-10(21(30)31)6-7-22-12)9-32-15-3-1-2-11-17(15)20(29)24(19(11)28)13-4-5-16(26)23-18(13)27/h1-3,10,12-13,22H,4-9H2,(H,30,31)(H,23,26,27). The number of hydrogen-bond donors (Lipinski definition) is 3. The zero-order chi connectivity index (χ0) is 23.0. The molecule has 1 aromatic carbocycles. The first-order valence-corrected chi connectivity index (χ1v) is 10.2. The van der Waals surface area contributed by atoms with Gasteiger partial charge in [-0.2, -0.15) is 0 Å². The van der Waals surface area contributed by atoms with Crippen molar-refractivity contribution in [3.8, 4) is 5.75 Å². The van der Waals surface area contributed by atoms with E-state index in [4.69, 9.17) is 4.74 Å². The predicted molar refractivity (Wildman–Crippen MR) is 106 cm³/mol. The molecule has 0 aliphatic carbocycles. The molecule has 3 aliphatic rings. The number of nitrogens with zero attached hydrogens (tertiary/aromatic N) is 1. The number of amides is 4. The molecule has 0 radical (unpaired) electrons. The minimum absolute atomic E-state index is 0.00734. The molecular weight excluding hydrogens is 422 g/mol. The van der Waals surface area contributed by atoms with Gasteiger partial charge in [-0.05, 0) is 37.9 Å². The van der Waals surface area contributed by atoms with Crippen LogP contribution in [0.5, 0.6) is 5.75 Å². The third-order valence-electron chi connectivity index (χ3n) is 5.94. The van der Waals surface area contributed by atoms with Gasteiger partial charge in [-0.25, -0.2) is 0 Å². The van der Waals surface area contributed by atoms with Crippen LogP contribution in [0.3, 0.4) is 0 Å². The fraction of sp³-hybridized carbons (Fsp3) is 0.429. The molecule has 11 nitrogen and oxygen atoms in total. The van der Waals surface area contributed by atoms with Crippen LogP contribution in [0.1, 0.15) is 46.4 Å². The number of fused-ring (bicyclic) bond motifs is 1. The van der Waals surface area contributed by atoms with Crippen molar-refractivity contribution in [1.82, 2.24) is 15.5 Å². The molecule has 4 amide bonds. The average molecular weight is 443 g/mol. The third-order valence-corrected chi connectivity index (χ3v) is 5.94. The van der Waals surface area contributed by atoms with Crippen molar-refractivity contribution < 1.29 is 38.6 Å². The summed E-state index contributed by atoms with van der Waals surface area (Å²) in [6.07, 6.45) is 0.611. The van der Waals surface area contributed by atoms with Crippen LogP contribution in [-0.4, -0.2) is 70.6 Å². The zero-order valence-corrected chi connectivity index (χ0v) is 17.0. The first kappa shape index (κ1) is 21.6. The molecule has 3 aliphatic heterocycles. The van der Waals surface area contributed by atoms with Crippen LogP contribution in [0.15, 0.2) is 18.2 Å². The minimum atomic E-state index is -1.10. The monoisotopic (exact) mass is 443 g/mol. The number of rotatable bonds is 6. The highest BCUT2D eigenvalue weighted by Gasteiger charge is 2.46. The molecule has 3 N–H and O–H groups in total. The Kier molecular flexibility index (Phi) is 5.74. The van der Waals surface area contributed by atoms with E-state index in [1.807, 2.05) is 0 Å². The molecule has 168 valence electrons. The predicted octanol–water partition coefficient (Wildman–Crippen LogP) is -0.511. The molecule has 3 unspecified atom stereocenters. The Morgan fingerprint density at radius 2 is 1.91 bits per heavy atom. The molecule has 0 spiro atoms. The number of carbonyl (C=O) groups excluding carboxylic acids is 5. The van der Waals surface area contributed by atoms with E-state index < -0.39 is 54.2 Å². The lowest BCUT2D eigenvalue weighted by Crippen LogP contribution is -2.54. The van der Waals surface area contributed by atoms with Crippen molar-refractivity contribution in [1.29, 1.82) is 0 Å². The molecule has 2 fully saturated rings. The molecule has 1 aromatic rings. The van der Waals surface area contributed by atoms with Crippen molar-refractivity contribution >= 4 is 35.4 Å². The van der Waals surface area contributed by atoms with Gasteiger partial charge in [-0.15, -0.1) is 0 Å². The number of carboxylic acid groups (broad SMARTS) is 1. The lowest BCUT2D eigenvalue weighted by Gasteiger charge is -2.28. The zero-order valence-electron chi connectivity index (χ0n) is 17.0. The summed E-state index contributed by atoms with van der Waals surface area (Å²) in [6.45, 7) is -0.0254. The van der Waals surface area contributed by atoms with Crippen LogP contribution < -0.4 is 15.4 Å². The summed E-state index contributed by atoms with van der Waals surface area (Å²) in [5.74, 6) is -4.51. The van der Waals surface area contributed by atoms with E-state index in [2.05, 4.69) is 10.6 Å². The number of carboxylic acids is 1. The van der Waals surface area contributed by atoms with E-state index in [0.29, 0.717) is 13.0 Å². The molecule has 2 saturated heterocycles. The number of hydrogen-bond acceptors (Lipinski definition) is 8. The Balaban J connectivity index is 1.48. The number of piperidine rings is 2. The maximum absolute atomic E-state index is 13.0. The van der Waals surface area contributed by atoms with Gasteiger partial charge < -0.3 is 15.2 Å². The highest BCUT2D eigenvalue weighted by Crippen LogP contribution is 2.33. The number of imide groups is 2. The van der Waals surface area contributed by atoms with Crippen LogP contribution in [-0.2, 0) is 19.2 Å². The van der Waals surface area contributed by atoms with E-state index in [0.717, 1.165) is 4.90 Å². The van der Waals surface area contributed by atoms with Gasteiger partial charge in [0.05, 0.1) is 23.1 Å². The quantitative estimate of drug-likeness (QED) is 0.492. The smallest absolute Gasteiger partial charge is 0.306 e. The van der Waals surface area contributed by atoms with Gasteiger partial charge in [0.25, 0.3) is 11.8 Å². The van der Waals surface area contributed by atoms with E-state index in [9.17, 15) is 33.9 Å². The summed E-state index contributed by atoms with van der Waals surface area (Å²) >= 11 is 0. The Bertz CT molecular complexity index is 1040. The number of ketones is 1. The maximum Gasteiger partial charge on any atom is 0.306 e. The molecule has 0 aromatic heterocycles. The van der Waals surface area contributed by atoms with Crippen molar-refractivity contribution in [2.45, 2.75) is 37.8 Å². The van der Waals surface area contributed by atoms with E-state index >= 15 is 0 Å². The summed E-state index contributed by atoms with van der Waals surface area (Å²) < 4.78 is 5.57. The van der Waals surface area contributed by atoms with Crippen molar-refractivity contribution in [2.75, 3.05) is 13.2 Å². The number of ether oxygens (including phenoxy) is 1. The van der Waals surface area contributed by atoms with E-state index in [1.165, 1.54) is 18.2 Å². The molecule has 0 bridgehead atoms. The second-order valence-electron chi connectivity index (χ2n) is 7.95. The molecule has 0 saturated carbocycles. The van der Waals surface area contributed by atoms with Crippen LogP contribution in [0.25, 0.3) is 0 Å². The SMILES string of the molecule is O=C1CCC(N2C(=O)c3cccc(OCC(=O)C4CC(C(=O)O)CCN4)c3C2=O)C(=O)N1. The highest BCUT2D eigenvalue weighted by atomic mass is 16.5. The number of nitrogens with one attached hydrogen (secondary N) is 2. The minimum Gasteiger partial charge on any atom is -0.485 e. The first-order valence-electron chi connectivity index (χ1n) is 10.2. The number of Topliss-reactive ketones (excluding diaryl/α,β-unsaturated/α-hetero) is 1. The number of aliphatic carboxylic acids is 1. The molecule has 11 heteroatoms. The van der Waals surface area contributed by atoms with Gasteiger partial charge in [-0.1, -0.05) is 6.07 Å². The largest absolute Gasteiger partial charge is 0.485 e. The highest BCUT2D eigenvalue weighted by molar-refractivity contribution is 6.24. The fourth-order valence-electron chi connectivity index (χ4n) is 4.24. The van der Waals surface area contributed by atoms with Gasteiger partial charge in [-0.3, -0.25) is 39.0 Å². The number of benzene rings is 1. The van der Waals surface area contributed by atoms with E-state index in [-0.39, 0.29) is 41.9 Å². The van der Waals surface area contributed by atoms with Crippen LogP contribution in [0, 0.1) is 5.92 Å². The summed E-state index contributed by atoms with van der Waals surface area (Å²) in [6, 6.07) is 2.58. The van der Waals surface area contributed by atoms with Crippen LogP contribution in [0.4, 0.5) is 0 Å². The fourth-order valence-corrected chi connectivity index (χ4v) is 4.24. The van der Waals surface area contributed by atoms with Crippen LogP contribution >= 0.6 is 0 Å². The average Bonchev–Trinajstić information content (AvgIpc) is 3.03. The van der Waals surface area contributed by atoms with Gasteiger partial charge in [0.1, 0.15) is 18.4 Å². The Labute approximate surface area is 182 Å². The summed E-state index contributed by atoms with van der Waals surface area (Å²) in [7, 11) is 0. The molecule has 3 atom stereocenters. The number of carbonyl (C=O) groups is 6. The summed E-state index contributed by atoms with van der Waals surface area (Å²) in [5.41, 5.74) is 0.00129. The van der Waals surface area contributed by atoms with E-state index in [1.54, 1.807) is 0 Å². The second kappa shape index (κ2) is 8.50.